The van der Waals surface area contributed by atoms with Gasteiger partial charge in [0.05, 0.1) is 39.9 Å². The number of aliphatic hydroxyl groups is 1. The zero-order valence-corrected chi connectivity index (χ0v) is 61.6. The molecule has 0 aliphatic rings. The second-order valence-corrected chi connectivity index (χ2v) is 28.4. The minimum atomic E-state index is -4.63. The van der Waals surface area contributed by atoms with E-state index < -0.39 is 26.6 Å². The highest BCUT2D eigenvalue weighted by atomic mass is 31.2. The van der Waals surface area contributed by atoms with Crippen molar-refractivity contribution in [3.05, 3.63) is 134 Å². The molecule has 0 fully saturated rings. The van der Waals surface area contributed by atoms with Crippen LogP contribution in [-0.2, 0) is 18.4 Å². The van der Waals surface area contributed by atoms with Gasteiger partial charge in [0.15, 0.2) is 0 Å². The highest BCUT2D eigenvalue weighted by Crippen LogP contribution is 2.38. The number of likely N-dealkylation sites (N-methyl/N-ethyl adjacent to an activating group) is 1. The number of unbranched alkanes of at least 4 members (excludes halogenated alkanes) is 37. The van der Waals surface area contributed by atoms with Crippen LogP contribution in [0.15, 0.2) is 134 Å². The van der Waals surface area contributed by atoms with Crippen LogP contribution < -0.4 is 10.2 Å². The molecular formula is C83H147N2O6P. The Labute approximate surface area is 570 Å². The van der Waals surface area contributed by atoms with E-state index in [-0.39, 0.29) is 12.5 Å². The average Bonchev–Trinajstić information content (AvgIpc) is 2.63. The first-order chi connectivity index (χ1) is 45.0. The van der Waals surface area contributed by atoms with Crippen LogP contribution in [0.2, 0.25) is 0 Å². The van der Waals surface area contributed by atoms with Gasteiger partial charge in [0.2, 0.25) is 5.91 Å². The number of phosphoric ester groups is 1. The van der Waals surface area contributed by atoms with Gasteiger partial charge in [0.1, 0.15) is 13.2 Å². The lowest BCUT2D eigenvalue weighted by Gasteiger charge is -2.29. The van der Waals surface area contributed by atoms with Crippen molar-refractivity contribution in [3.63, 3.8) is 0 Å². The number of quaternary nitrogens is 1. The van der Waals surface area contributed by atoms with E-state index in [1.807, 2.05) is 27.2 Å². The fraction of sp³-hybridized carbons (Fsp3) is 0.723. The summed E-state index contributed by atoms with van der Waals surface area (Å²) in [6, 6.07) is -0.919. The number of nitrogens with zero attached hydrogens (tertiary/aromatic N) is 1. The number of carbonyl (C=O) groups excluding carboxylic acids is 1. The molecule has 3 unspecified atom stereocenters. The number of hydrogen-bond acceptors (Lipinski definition) is 6. The quantitative estimate of drug-likeness (QED) is 0.0272. The van der Waals surface area contributed by atoms with Crippen molar-refractivity contribution >= 4 is 13.7 Å². The molecule has 2 N–H and O–H groups in total. The molecular weight excluding hydrogens is 1150 g/mol. The van der Waals surface area contributed by atoms with Crippen LogP contribution >= 0.6 is 7.82 Å². The Kier molecular flexibility index (Phi) is 69.3. The van der Waals surface area contributed by atoms with Crippen LogP contribution in [0.1, 0.15) is 335 Å². The molecule has 0 heterocycles. The fourth-order valence-corrected chi connectivity index (χ4v) is 11.6. The zero-order chi connectivity index (χ0) is 66.9. The van der Waals surface area contributed by atoms with Crippen molar-refractivity contribution in [2.24, 2.45) is 0 Å². The molecule has 3 atom stereocenters. The Hall–Kier alpha value is -3.36. The third-order valence-corrected chi connectivity index (χ3v) is 17.8. The number of phosphoric acid groups is 1. The molecule has 0 aromatic heterocycles. The van der Waals surface area contributed by atoms with E-state index in [9.17, 15) is 19.4 Å². The van der Waals surface area contributed by atoms with Crippen LogP contribution in [0.3, 0.4) is 0 Å². The highest BCUT2D eigenvalue weighted by Gasteiger charge is 2.23. The van der Waals surface area contributed by atoms with Crippen LogP contribution in [0.5, 0.6) is 0 Å². The van der Waals surface area contributed by atoms with Crippen LogP contribution in [0.25, 0.3) is 0 Å². The summed E-state index contributed by atoms with van der Waals surface area (Å²) < 4.78 is 23.5. The number of rotatable bonds is 70. The Morgan fingerprint density at radius 1 is 0.391 bits per heavy atom. The maximum atomic E-state index is 13.1. The largest absolute Gasteiger partial charge is 0.756 e. The normalized spacial score (nSPS) is 14.3. The molecule has 0 rings (SSSR count). The summed E-state index contributed by atoms with van der Waals surface area (Å²) in [5.41, 5.74) is 0. The zero-order valence-electron chi connectivity index (χ0n) is 60.7. The van der Waals surface area contributed by atoms with Gasteiger partial charge in [-0.15, -0.1) is 0 Å². The van der Waals surface area contributed by atoms with E-state index in [0.717, 1.165) is 96.3 Å². The summed E-state index contributed by atoms with van der Waals surface area (Å²) in [6.07, 6.45) is 109. The molecule has 92 heavy (non-hydrogen) atoms. The molecule has 9 heteroatoms. The maximum absolute atomic E-state index is 13.1. The van der Waals surface area contributed by atoms with E-state index in [0.29, 0.717) is 17.4 Å². The number of amides is 1. The number of nitrogens with one attached hydrogen (secondary N) is 1. The van der Waals surface area contributed by atoms with Crippen LogP contribution in [-0.4, -0.2) is 68.5 Å². The van der Waals surface area contributed by atoms with Crippen LogP contribution in [0, 0.1) is 0 Å². The van der Waals surface area contributed by atoms with Crippen LogP contribution in [0.4, 0.5) is 0 Å². The Morgan fingerprint density at radius 3 is 1.01 bits per heavy atom. The van der Waals surface area contributed by atoms with Gasteiger partial charge in [-0.05, 0) is 109 Å². The van der Waals surface area contributed by atoms with E-state index in [1.54, 1.807) is 6.08 Å². The predicted octanol–water partition coefficient (Wildman–Crippen LogP) is 24.7. The molecule has 0 spiro atoms. The predicted molar refractivity (Wildman–Crippen MR) is 403 cm³/mol. The van der Waals surface area contributed by atoms with Gasteiger partial charge in [-0.25, -0.2) is 0 Å². The lowest BCUT2D eigenvalue weighted by molar-refractivity contribution is -0.870. The second kappa shape index (κ2) is 71.9. The Bertz CT molecular complexity index is 1970. The van der Waals surface area contributed by atoms with Gasteiger partial charge in [0.25, 0.3) is 7.82 Å². The standard InChI is InChI=1S/C83H147N2O6P/c1-6-8-10-12-14-16-18-20-22-24-26-28-30-32-34-36-37-38-39-40-41-42-43-44-45-46-47-49-51-53-55-57-59-61-63-65-67-69-71-73-75-77-83(87)84-81(80-91-92(88,89)90-79-78-85(3,4)5)82(86)76-74-72-70-68-66-64-62-60-58-56-54-52-50-48-35-33-31-29-27-25-23-21-19-17-15-13-11-9-7-2/h8,10,14,16,20,22,26,28,32,34,37-38,40-41,43-44,58,60,66,68,74,76,81-82,86H,6-7,9,11-13,15,17-19,21,23-25,27,29-31,33,35-36,39,42,45-57,59,61-65,67,69-73,75,77-80H2,1-5H3,(H-,84,87,88,89)/b10-8-,16-14-,22-20-,28-26-,34-32-,38-37-,41-40-,44-43-,60-58+,68-66+,76-74+. The summed E-state index contributed by atoms with van der Waals surface area (Å²) in [7, 11) is 1.23. The number of hydrogen-bond donors (Lipinski definition) is 2. The van der Waals surface area contributed by atoms with Gasteiger partial charge < -0.3 is 28.8 Å². The van der Waals surface area contributed by atoms with Gasteiger partial charge in [-0.3, -0.25) is 9.36 Å². The Balaban J connectivity index is 4.07. The monoisotopic (exact) mass is 1300 g/mol. The topological polar surface area (TPSA) is 108 Å². The maximum Gasteiger partial charge on any atom is 0.268 e. The summed E-state index contributed by atoms with van der Waals surface area (Å²) in [5, 5.41) is 14.0. The first-order valence-corrected chi connectivity index (χ1v) is 40.0. The lowest BCUT2D eigenvalue weighted by Crippen LogP contribution is -2.45. The summed E-state index contributed by atoms with van der Waals surface area (Å²) >= 11 is 0. The molecule has 0 radical (unpaired) electrons. The number of carbonyl (C=O) groups is 1. The van der Waals surface area contributed by atoms with Crippen molar-refractivity contribution in [1.29, 1.82) is 0 Å². The fourth-order valence-electron chi connectivity index (χ4n) is 10.9. The number of aliphatic hydroxyl groups excluding tert-OH is 1. The van der Waals surface area contributed by atoms with Gasteiger partial charge in [-0.2, -0.15) is 0 Å². The van der Waals surface area contributed by atoms with Gasteiger partial charge in [-0.1, -0.05) is 353 Å². The first kappa shape index (κ1) is 88.6. The third-order valence-electron chi connectivity index (χ3n) is 16.8. The minimum absolute atomic E-state index is 0.0131. The summed E-state index contributed by atoms with van der Waals surface area (Å²) in [6.45, 7) is 4.53. The van der Waals surface area contributed by atoms with E-state index in [4.69, 9.17) is 9.05 Å². The SMILES string of the molecule is CC/C=C\C/C=C\C/C=C\C/C=C\C/C=C\C/C=C\C/C=C\C/C=C\CCCCCCCCCCCCCCCCCCC(=O)NC(COP(=O)([O-])OCC[N+](C)(C)C)C(O)/C=C/CC/C=C/CC/C=C/CCCCCCCCCCCCCCCCCCCCC. The van der Waals surface area contributed by atoms with Crippen molar-refractivity contribution in [3.8, 4) is 0 Å². The van der Waals surface area contributed by atoms with Crippen molar-refractivity contribution in [1.82, 2.24) is 5.32 Å². The smallest absolute Gasteiger partial charge is 0.268 e. The van der Waals surface area contributed by atoms with Crippen molar-refractivity contribution in [2.45, 2.75) is 347 Å². The number of allylic oxidation sites excluding steroid dienone is 21. The summed E-state index contributed by atoms with van der Waals surface area (Å²) in [4.78, 5) is 25.7. The minimum Gasteiger partial charge on any atom is -0.756 e. The third kappa shape index (κ3) is 74.0. The highest BCUT2D eigenvalue weighted by molar-refractivity contribution is 7.45. The molecule has 0 aromatic carbocycles. The van der Waals surface area contributed by atoms with E-state index in [2.05, 4.69) is 141 Å². The van der Waals surface area contributed by atoms with E-state index in [1.165, 1.54) is 218 Å². The molecule has 0 aliphatic carbocycles. The van der Waals surface area contributed by atoms with Gasteiger partial charge in [0, 0.05) is 6.42 Å². The molecule has 8 nitrogen and oxygen atoms in total. The molecule has 0 saturated heterocycles. The first-order valence-electron chi connectivity index (χ1n) is 38.5. The average molecular weight is 1300 g/mol. The molecule has 0 bridgehead atoms. The Morgan fingerprint density at radius 2 is 0.674 bits per heavy atom. The molecule has 530 valence electrons. The van der Waals surface area contributed by atoms with Gasteiger partial charge >= 0.3 is 0 Å². The molecule has 0 aromatic rings. The summed E-state index contributed by atoms with van der Waals surface area (Å²) in [5.74, 6) is -0.212. The van der Waals surface area contributed by atoms with E-state index >= 15 is 0 Å². The second-order valence-electron chi connectivity index (χ2n) is 27.0. The molecule has 0 aliphatic heterocycles. The molecule has 1 amide bonds. The lowest BCUT2D eigenvalue weighted by atomic mass is 10.0. The van der Waals surface area contributed by atoms with Crippen molar-refractivity contribution in [2.75, 3.05) is 40.9 Å². The molecule has 0 saturated carbocycles. The van der Waals surface area contributed by atoms with Crippen molar-refractivity contribution < 1.29 is 32.9 Å².